The van der Waals surface area contributed by atoms with E-state index in [1.54, 1.807) is 0 Å². The van der Waals surface area contributed by atoms with E-state index in [2.05, 4.69) is 206 Å². The summed E-state index contributed by atoms with van der Waals surface area (Å²) in [7, 11) is 0. The van der Waals surface area contributed by atoms with E-state index < -0.39 is 0 Å². The van der Waals surface area contributed by atoms with Crippen molar-refractivity contribution in [2.45, 2.75) is 0 Å². The smallest absolute Gasteiger partial charge is 0.00259 e. The maximum absolute atomic E-state index is 2.42. The van der Waals surface area contributed by atoms with E-state index in [-0.39, 0.29) is 0 Å². The Morgan fingerprint density at radius 2 is 0.460 bits per heavy atom. The van der Waals surface area contributed by atoms with Gasteiger partial charge in [0.2, 0.25) is 0 Å². The fraction of sp³-hybridized carbons (Fsp3) is 0. The first-order chi connectivity index (χ1) is 24.8. The second-order valence-electron chi connectivity index (χ2n) is 12.9. The van der Waals surface area contributed by atoms with Gasteiger partial charge in [0, 0.05) is 0 Å². The van der Waals surface area contributed by atoms with Gasteiger partial charge in [0.15, 0.2) is 0 Å². The van der Waals surface area contributed by atoms with E-state index in [4.69, 9.17) is 0 Å². The second kappa shape index (κ2) is 12.8. The van der Waals surface area contributed by atoms with Crippen LogP contribution in [0.15, 0.2) is 206 Å². The van der Waals surface area contributed by atoms with Crippen molar-refractivity contribution in [3.63, 3.8) is 0 Å². The first kappa shape index (κ1) is 29.6. The fourth-order valence-electron chi connectivity index (χ4n) is 7.46. The molecule has 9 aromatic carbocycles. The second-order valence-corrected chi connectivity index (χ2v) is 12.9. The van der Waals surface area contributed by atoms with Crippen LogP contribution in [0, 0.1) is 0 Å². The van der Waals surface area contributed by atoms with E-state index in [9.17, 15) is 0 Å². The van der Waals surface area contributed by atoms with E-state index in [0.29, 0.717) is 0 Å². The molecule has 50 heavy (non-hydrogen) atoms. The standard InChI is InChI=1S/C50H34/c1-4-15-35(16-5-1)38-21-12-24-41(31-38)42-29-30-47-48(34-42)50(44-26-14-23-40(33-44)37-19-8-3-9-20-37)46-28-11-10-27-45(46)49(47)43-25-13-22-39(32-43)36-17-6-2-7-18-36/h1-34H. The molecule has 234 valence electrons. The minimum Gasteiger partial charge on any atom is -0.0622 e. The summed E-state index contributed by atoms with van der Waals surface area (Å²) in [6.07, 6.45) is 0. The van der Waals surface area contributed by atoms with Crippen molar-refractivity contribution in [2.75, 3.05) is 0 Å². The van der Waals surface area contributed by atoms with E-state index in [0.717, 1.165) is 0 Å². The summed E-state index contributed by atoms with van der Waals surface area (Å²) in [6.45, 7) is 0. The Morgan fingerprint density at radius 1 is 0.160 bits per heavy atom. The number of benzene rings is 9. The van der Waals surface area contributed by atoms with Crippen molar-refractivity contribution in [3.8, 4) is 66.8 Å². The zero-order valence-corrected chi connectivity index (χ0v) is 27.6. The molecule has 0 saturated carbocycles. The van der Waals surface area contributed by atoms with Crippen LogP contribution >= 0.6 is 0 Å². The summed E-state index contributed by atoms with van der Waals surface area (Å²) >= 11 is 0. The van der Waals surface area contributed by atoms with Crippen LogP contribution < -0.4 is 0 Å². The Bertz CT molecular complexity index is 2620. The lowest BCUT2D eigenvalue weighted by molar-refractivity contribution is 1.59. The molecule has 0 amide bonds. The maximum Gasteiger partial charge on any atom is -0.00259 e. The van der Waals surface area contributed by atoms with E-state index >= 15 is 0 Å². The highest BCUT2D eigenvalue weighted by atomic mass is 14.2. The van der Waals surface area contributed by atoms with Crippen LogP contribution in [0.3, 0.4) is 0 Å². The highest BCUT2D eigenvalue weighted by molar-refractivity contribution is 6.22. The van der Waals surface area contributed by atoms with Gasteiger partial charge in [0.1, 0.15) is 0 Å². The summed E-state index contributed by atoms with van der Waals surface area (Å²) in [5.41, 5.74) is 14.7. The molecule has 0 heteroatoms. The Labute approximate surface area is 293 Å². The molecule has 0 nitrogen and oxygen atoms in total. The van der Waals surface area contributed by atoms with Gasteiger partial charge in [-0.2, -0.15) is 0 Å². The molecule has 9 aromatic rings. The van der Waals surface area contributed by atoms with Crippen molar-refractivity contribution in [2.24, 2.45) is 0 Å². The average Bonchev–Trinajstić information content (AvgIpc) is 3.21. The minimum absolute atomic E-state index is 1.20. The van der Waals surface area contributed by atoms with Gasteiger partial charge in [-0.15, -0.1) is 0 Å². The summed E-state index contributed by atoms with van der Waals surface area (Å²) in [5, 5.41) is 5.00. The summed E-state index contributed by atoms with van der Waals surface area (Å²) < 4.78 is 0. The molecule has 0 aromatic heterocycles. The van der Waals surface area contributed by atoms with Crippen LogP contribution in [0.5, 0.6) is 0 Å². The molecule has 0 heterocycles. The van der Waals surface area contributed by atoms with Gasteiger partial charge in [-0.3, -0.25) is 0 Å². The SMILES string of the molecule is c1ccc(-c2cccc(-c3ccc4c(-c5cccc(-c6ccccc6)c5)c5ccccc5c(-c5cccc(-c6ccccc6)c5)c4c3)c2)cc1. The first-order valence-electron chi connectivity index (χ1n) is 17.3. The van der Waals surface area contributed by atoms with E-state index in [1.165, 1.54) is 88.3 Å². The molecule has 0 radical (unpaired) electrons. The maximum atomic E-state index is 2.42. The quantitative estimate of drug-likeness (QED) is 0.160. The van der Waals surface area contributed by atoms with Gasteiger partial charge < -0.3 is 0 Å². The van der Waals surface area contributed by atoms with Crippen molar-refractivity contribution < 1.29 is 0 Å². The third kappa shape index (κ3) is 5.48. The lowest BCUT2D eigenvalue weighted by Crippen LogP contribution is -1.92. The van der Waals surface area contributed by atoms with Crippen molar-refractivity contribution in [1.82, 2.24) is 0 Å². The lowest BCUT2D eigenvalue weighted by Gasteiger charge is -2.20. The summed E-state index contributed by atoms with van der Waals surface area (Å²) in [6, 6.07) is 75.0. The van der Waals surface area contributed by atoms with Gasteiger partial charge in [0.25, 0.3) is 0 Å². The van der Waals surface area contributed by atoms with Gasteiger partial charge in [-0.05, 0) is 113 Å². The van der Waals surface area contributed by atoms with Gasteiger partial charge in [-0.1, -0.05) is 182 Å². The minimum atomic E-state index is 1.20. The van der Waals surface area contributed by atoms with Crippen LogP contribution in [0.1, 0.15) is 0 Å². The Kier molecular flexibility index (Phi) is 7.61. The molecule has 0 aliphatic carbocycles. The van der Waals surface area contributed by atoms with Crippen LogP contribution in [-0.2, 0) is 0 Å². The van der Waals surface area contributed by atoms with Crippen molar-refractivity contribution >= 4 is 21.5 Å². The molecule has 0 aliphatic rings. The Morgan fingerprint density at radius 3 is 0.920 bits per heavy atom. The van der Waals surface area contributed by atoms with Crippen LogP contribution in [0.4, 0.5) is 0 Å². The van der Waals surface area contributed by atoms with Gasteiger partial charge >= 0.3 is 0 Å². The zero-order chi connectivity index (χ0) is 33.3. The summed E-state index contributed by atoms with van der Waals surface area (Å²) in [5.74, 6) is 0. The molecular weight excluding hydrogens is 601 g/mol. The number of hydrogen-bond donors (Lipinski definition) is 0. The monoisotopic (exact) mass is 634 g/mol. The molecule has 0 unspecified atom stereocenters. The molecule has 0 N–H and O–H groups in total. The third-order valence-corrected chi connectivity index (χ3v) is 9.84. The number of fused-ring (bicyclic) bond motifs is 2. The lowest BCUT2D eigenvalue weighted by atomic mass is 9.84. The Balaban J connectivity index is 1.33. The van der Waals surface area contributed by atoms with Crippen molar-refractivity contribution in [1.29, 1.82) is 0 Å². The van der Waals surface area contributed by atoms with Crippen LogP contribution in [0.2, 0.25) is 0 Å². The fourth-order valence-corrected chi connectivity index (χ4v) is 7.46. The van der Waals surface area contributed by atoms with Crippen LogP contribution in [0.25, 0.3) is 88.3 Å². The highest BCUT2D eigenvalue weighted by Crippen LogP contribution is 2.46. The Hall–Kier alpha value is -6.50. The van der Waals surface area contributed by atoms with Crippen LogP contribution in [-0.4, -0.2) is 0 Å². The molecule has 0 saturated heterocycles. The topological polar surface area (TPSA) is 0 Å². The van der Waals surface area contributed by atoms with Crippen molar-refractivity contribution in [3.05, 3.63) is 206 Å². The molecule has 9 rings (SSSR count). The normalized spacial score (nSPS) is 11.2. The van der Waals surface area contributed by atoms with E-state index in [1.807, 2.05) is 0 Å². The predicted octanol–water partition coefficient (Wildman–Crippen LogP) is 14.0. The van der Waals surface area contributed by atoms with Gasteiger partial charge in [0.05, 0.1) is 0 Å². The summed E-state index contributed by atoms with van der Waals surface area (Å²) in [4.78, 5) is 0. The molecule has 0 atom stereocenters. The average molecular weight is 635 g/mol. The highest BCUT2D eigenvalue weighted by Gasteiger charge is 2.18. The molecular formula is C50H34. The first-order valence-corrected chi connectivity index (χ1v) is 17.3. The largest absolute Gasteiger partial charge is 0.0622 e. The zero-order valence-electron chi connectivity index (χ0n) is 27.6. The third-order valence-electron chi connectivity index (χ3n) is 9.84. The predicted molar refractivity (Wildman–Crippen MR) is 214 cm³/mol. The molecule has 0 bridgehead atoms. The molecule has 0 fully saturated rings. The molecule has 0 spiro atoms. The number of hydrogen-bond acceptors (Lipinski definition) is 0. The number of rotatable bonds is 6. The van der Waals surface area contributed by atoms with Gasteiger partial charge in [-0.25, -0.2) is 0 Å². The molecule has 0 aliphatic heterocycles.